The number of nitrogens with two attached hydrogens (primary N) is 2. The number of ether oxygens (including phenoxy) is 3. The zero-order chi connectivity index (χ0) is 39.6. The monoisotopic (exact) mass is 798 g/mol. The largest absolute Gasteiger partial charge is 0.489 e. The molecule has 5 rings (SSSR count). The number of para-hydroxylation sites is 1. The SMILES string of the molecule is CC(C)=C1OC(=O)N(c2cc(OC3CCCC3)c(Cl)cc2F)C1=O.CP(=O)(O)CCC(N)C(=O)O.Nc1c([N+](=O)[O-])ccc(Oc2ccccc2)c1Cl. The molecule has 3 aromatic rings. The number of rotatable bonds is 10. The number of cyclic esters (lactones) is 1. The number of nitro groups is 1. The van der Waals surface area contributed by atoms with Gasteiger partial charge in [0.15, 0.2) is 13.1 Å². The Hall–Kier alpha value is -4.73. The van der Waals surface area contributed by atoms with E-state index in [1.54, 1.807) is 38.1 Å². The number of halogens is 3. The Labute approximate surface area is 313 Å². The molecule has 0 bridgehead atoms. The molecule has 2 unspecified atom stereocenters. The van der Waals surface area contributed by atoms with Gasteiger partial charge >= 0.3 is 18.0 Å². The highest BCUT2D eigenvalue weighted by Crippen LogP contribution is 2.40. The number of amides is 2. The summed E-state index contributed by atoms with van der Waals surface area (Å²) in [6.45, 7) is 4.45. The molecule has 1 saturated carbocycles. The predicted octanol–water partition coefficient (Wildman–Crippen LogP) is 7.89. The van der Waals surface area contributed by atoms with Crippen LogP contribution in [0.3, 0.4) is 0 Å². The van der Waals surface area contributed by atoms with Crippen molar-refractivity contribution in [2.24, 2.45) is 5.73 Å². The molecule has 1 aliphatic carbocycles. The highest BCUT2D eigenvalue weighted by Gasteiger charge is 2.40. The molecular weight excluding hydrogens is 761 g/mol. The van der Waals surface area contributed by atoms with Crippen LogP contribution >= 0.6 is 30.6 Å². The number of carboxylic acids is 1. The average molecular weight is 800 g/mol. The predicted molar refractivity (Wildman–Crippen MR) is 197 cm³/mol. The summed E-state index contributed by atoms with van der Waals surface area (Å²) < 4.78 is 41.2. The van der Waals surface area contributed by atoms with Gasteiger partial charge in [0.1, 0.15) is 39.8 Å². The van der Waals surface area contributed by atoms with Crippen molar-refractivity contribution >= 4 is 65.6 Å². The number of carbonyl (C=O) groups excluding carboxylic acids is 2. The lowest BCUT2D eigenvalue weighted by atomic mass is 10.2. The van der Waals surface area contributed by atoms with Crippen molar-refractivity contribution in [3.8, 4) is 17.2 Å². The van der Waals surface area contributed by atoms with Crippen molar-refractivity contribution in [1.82, 2.24) is 0 Å². The Balaban J connectivity index is 0.000000231. The van der Waals surface area contributed by atoms with E-state index < -0.39 is 42.1 Å². The fraction of sp³-hybridized carbons (Fsp3) is 0.324. The summed E-state index contributed by atoms with van der Waals surface area (Å²) in [4.78, 5) is 54.0. The first kappa shape index (κ1) is 42.7. The van der Waals surface area contributed by atoms with Crippen LogP contribution in [-0.2, 0) is 18.9 Å². The van der Waals surface area contributed by atoms with Crippen molar-refractivity contribution in [2.75, 3.05) is 23.5 Å². The minimum atomic E-state index is -3.10. The summed E-state index contributed by atoms with van der Waals surface area (Å²) in [6.07, 6.45) is 3.00. The van der Waals surface area contributed by atoms with Crippen molar-refractivity contribution in [1.29, 1.82) is 0 Å². The van der Waals surface area contributed by atoms with Gasteiger partial charge in [0.05, 0.1) is 21.7 Å². The van der Waals surface area contributed by atoms with Crippen molar-refractivity contribution in [3.63, 3.8) is 0 Å². The number of nitro benzene ring substituents is 1. The second kappa shape index (κ2) is 18.9. The lowest BCUT2D eigenvalue weighted by Gasteiger charge is -2.18. The van der Waals surface area contributed by atoms with E-state index >= 15 is 0 Å². The second-order valence-corrected chi connectivity index (χ2v) is 15.4. The Bertz CT molecular complexity index is 1920. The normalized spacial score (nSPS) is 15.6. The van der Waals surface area contributed by atoms with E-state index in [9.17, 15) is 33.5 Å². The minimum Gasteiger partial charge on any atom is -0.489 e. The Morgan fingerprint density at radius 1 is 1.13 bits per heavy atom. The number of hydrogen-bond donors (Lipinski definition) is 4. The molecule has 0 radical (unpaired) electrons. The molecule has 1 aliphatic heterocycles. The molecule has 2 aliphatic rings. The van der Waals surface area contributed by atoms with Crippen LogP contribution in [0.4, 0.5) is 26.2 Å². The summed E-state index contributed by atoms with van der Waals surface area (Å²) in [7, 11) is -3.10. The molecule has 15 nitrogen and oxygen atoms in total. The molecule has 3 aromatic carbocycles. The van der Waals surface area contributed by atoms with Crippen LogP contribution in [0.15, 0.2) is 65.9 Å². The molecule has 0 aromatic heterocycles. The molecule has 2 amide bonds. The lowest BCUT2D eigenvalue weighted by molar-refractivity contribution is -0.383. The Morgan fingerprint density at radius 2 is 1.75 bits per heavy atom. The third-order valence-electron chi connectivity index (χ3n) is 7.52. The summed E-state index contributed by atoms with van der Waals surface area (Å²) in [6, 6.07) is 12.9. The fourth-order valence-electron chi connectivity index (χ4n) is 4.77. The summed E-state index contributed by atoms with van der Waals surface area (Å²) in [5.74, 6) is -1.61. The van der Waals surface area contributed by atoms with Crippen LogP contribution in [0, 0.1) is 15.9 Å². The number of allylic oxidation sites excluding steroid dienone is 1. The van der Waals surface area contributed by atoms with Crippen molar-refractivity contribution in [2.45, 2.75) is 58.1 Å². The van der Waals surface area contributed by atoms with Crippen molar-refractivity contribution in [3.05, 3.63) is 91.9 Å². The van der Waals surface area contributed by atoms with Gasteiger partial charge in [-0.25, -0.2) is 14.1 Å². The summed E-state index contributed by atoms with van der Waals surface area (Å²) in [5.41, 5.74) is 10.7. The smallest absolute Gasteiger partial charge is 0.427 e. The first-order chi connectivity index (χ1) is 24.8. The molecule has 6 N–H and O–H groups in total. The van der Waals surface area contributed by atoms with Crippen LogP contribution in [0.1, 0.15) is 46.0 Å². The van der Waals surface area contributed by atoms with Gasteiger partial charge in [-0.15, -0.1) is 0 Å². The zero-order valence-electron chi connectivity index (χ0n) is 28.8. The number of aliphatic carboxylic acids is 1. The molecule has 19 heteroatoms. The van der Waals surface area contributed by atoms with E-state index in [1.807, 2.05) is 6.07 Å². The van der Waals surface area contributed by atoms with Crippen LogP contribution in [-0.4, -0.2) is 57.9 Å². The maximum absolute atomic E-state index is 14.3. The number of benzene rings is 3. The molecule has 286 valence electrons. The van der Waals surface area contributed by atoms with E-state index in [2.05, 4.69) is 0 Å². The van der Waals surface area contributed by atoms with Gasteiger partial charge in [-0.3, -0.25) is 24.3 Å². The second-order valence-electron chi connectivity index (χ2n) is 12.1. The van der Waals surface area contributed by atoms with E-state index in [1.165, 1.54) is 24.9 Å². The van der Waals surface area contributed by atoms with Gasteiger partial charge in [0.2, 0.25) is 0 Å². The fourth-order valence-corrected chi connectivity index (χ4v) is 5.92. The molecule has 1 saturated heterocycles. The quantitative estimate of drug-likeness (QED) is 0.0503. The van der Waals surface area contributed by atoms with Crippen molar-refractivity contribution < 1.29 is 52.5 Å². The average Bonchev–Trinajstić information content (AvgIpc) is 3.71. The van der Waals surface area contributed by atoms with Crippen LogP contribution in [0.2, 0.25) is 10.0 Å². The molecule has 0 spiro atoms. The topological polar surface area (TPSA) is 235 Å². The van der Waals surface area contributed by atoms with Crippen LogP contribution in [0.25, 0.3) is 0 Å². The maximum atomic E-state index is 14.3. The number of imide groups is 1. The van der Waals surface area contributed by atoms with E-state index in [0.717, 1.165) is 31.7 Å². The summed E-state index contributed by atoms with van der Waals surface area (Å²) in [5, 5.41) is 19.1. The third kappa shape index (κ3) is 12.2. The first-order valence-corrected chi connectivity index (χ1v) is 19.0. The van der Waals surface area contributed by atoms with E-state index in [4.69, 9.17) is 58.9 Å². The minimum absolute atomic E-state index is 0.00962. The maximum Gasteiger partial charge on any atom is 0.427 e. The molecule has 2 atom stereocenters. The molecule has 1 heterocycles. The van der Waals surface area contributed by atoms with Gasteiger partial charge in [-0.1, -0.05) is 41.4 Å². The highest BCUT2D eigenvalue weighted by molar-refractivity contribution is 7.57. The Kier molecular flexibility index (Phi) is 15.2. The number of carbonyl (C=O) groups is 3. The Morgan fingerprint density at radius 3 is 2.28 bits per heavy atom. The summed E-state index contributed by atoms with van der Waals surface area (Å²) >= 11 is 12.0. The number of carboxylic acid groups (broad SMARTS) is 1. The number of nitrogens with zero attached hydrogens (tertiary/aromatic N) is 2. The molecular formula is C34H38Cl2FN4O11P. The van der Waals surface area contributed by atoms with E-state index in [-0.39, 0.29) is 63.1 Å². The van der Waals surface area contributed by atoms with Gasteiger partial charge in [-0.05, 0) is 75.8 Å². The molecule has 2 fully saturated rings. The lowest BCUT2D eigenvalue weighted by Crippen LogP contribution is -2.30. The standard InChI is InChI=1S/C17H17ClFNO4.C12H9ClN2O3.C5H12NO4P/c1-9(2)15-16(21)20(17(22)24-15)13-8-14(11(18)7-12(13)19)23-10-5-3-4-6-10;13-11-10(18-8-4-2-1-3-5-8)7-6-9(12(11)14)15(16)17;1-11(9,10)3-2-4(6)5(7)8/h7-8,10H,3-6H2,1-2H3;1-7H,14H2;4H,2-3,6H2,1H3,(H,7,8)(H,9,10). The van der Waals surface area contributed by atoms with E-state index in [0.29, 0.717) is 16.2 Å². The van der Waals surface area contributed by atoms with Gasteiger partial charge < -0.3 is 35.7 Å². The van der Waals surface area contributed by atoms with Gasteiger partial charge in [-0.2, -0.15) is 0 Å². The number of nitrogen functional groups attached to an aromatic ring is 1. The zero-order valence-corrected chi connectivity index (χ0v) is 31.2. The van der Waals surface area contributed by atoms with Gasteiger partial charge in [0.25, 0.3) is 5.69 Å². The van der Waals surface area contributed by atoms with Gasteiger partial charge in [0, 0.05) is 25.0 Å². The first-order valence-electron chi connectivity index (χ1n) is 15.9. The number of anilines is 2. The highest BCUT2D eigenvalue weighted by atomic mass is 35.5. The van der Waals surface area contributed by atoms with Crippen LogP contribution < -0.4 is 25.8 Å². The molecule has 53 heavy (non-hydrogen) atoms. The number of hydrogen-bond acceptors (Lipinski definition) is 11. The van der Waals surface area contributed by atoms with Crippen LogP contribution in [0.5, 0.6) is 17.2 Å². The third-order valence-corrected chi connectivity index (χ3v) is 9.30.